The van der Waals surface area contributed by atoms with Crippen LogP contribution in [0.15, 0.2) is 48.5 Å². The monoisotopic (exact) mass is 464 g/mol. The summed E-state index contributed by atoms with van der Waals surface area (Å²) in [6.07, 6.45) is 1.81. The number of urea groups is 1. The molecule has 1 saturated heterocycles. The fourth-order valence-corrected chi connectivity index (χ4v) is 4.12. The number of benzene rings is 2. The SMILES string of the molecule is Cc1ccc(NC(=O)NC[C@@H]2CCCN(C(=O)[C@H](NC(=O)c3ccc(C)cc3)C(C)C)C2)cc1. The number of hydrogen-bond acceptors (Lipinski definition) is 3. The molecule has 3 N–H and O–H groups in total. The Bertz CT molecular complexity index is 986. The lowest BCUT2D eigenvalue weighted by atomic mass is 9.95. The van der Waals surface area contributed by atoms with E-state index < -0.39 is 6.04 Å². The molecule has 1 aliphatic rings. The molecular formula is C27H36N4O3. The van der Waals surface area contributed by atoms with Crippen molar-refractivity contribution in [1.29, 1.82) is 0 Å². The highest BCUT2D eigenvalue weighted by Crippen LogP contribution is 2.19. The number of aryl methyl sites for hydroxylation is 2. The minimum absolute atomic E-state index is 0.0410. The molecule has 1 aliphatic heterocycles. The van der Waals surface area contributed by atoms with Crippen molar-refractivity contribution in [2.24, 2.45) is 11.8 Å². The Balaban J connectivity index is 1.53. The van der Waals surface area contributed by atoms with Gasteiger partial charge in [-0.05, 0) is 62.8 Å². The summed E-state index contributed by atoms with van der Waals surface area (Å²) in [7, 11) is 0. The van der Waals surface area contributed by atoms with Gasteiger partial charge in [-0.15, -0.1) is 0 Å². The number of likely N-dealkylation sites (tertiary alicyclic amines) is 1. The van der Waals surface area contributed by atoms with Crippen LogP contribution in [0.25, 0.3) is 0 Å². The third-order valence-corrected chi connectivity index (χ3v) is 6.22. The van der Waals surface area contributed by atoms with Crippen molar-refractivity contribution in [2.75, 3.05) is 25.0 Å². The van der Waals surface area contributed by atoms with E-state index in [1.807, 2.05) is 69.0 Å². The largest absolute Gasteiger partial charge is 0.341 e. The Kier molecular flexibility index (Phi) is 8.68. The van der Waals surface area contributed by atoms with E-state index in [-0.39, 0.29) is 29.7 Å². The van der Waals surface area contributed by atoms with E-state index in [4.69, 9.17) is 0 Å². The maximum atomic E-state index is 13.3. The maximum Gasteiger partial charge on any atom is 0.319 e. The Morgan fingerprint density at radius 1 is 0.971 bits per heavy atom. The van der Waals surface area contributed by atoms with Gasteiger partial charge in [-0.2, -0.15) is 0 Å². The van der Waals surface area contributed by atoms with Crippen LogP contribution in [0.4, 0.5) is 10.5 Å². The first-order chi connectivity index (χ1) is 16.2. The smallest absolute Gasteiger partial charge is 0.319 e. The molecule has 7 nitrogen and oxygen atoms in total. The third-order valence-electron chi connectivity index (χ3n) is 6.22. The Morgan fingerprint density at radius 3 is 2.21 bits per heavy atom. The van der Waals surface area contributed by atoms with Crippen molar-refractivity contribution < 1.29 is 14.4 Å². The van der Waals surface area contributed by atoms with E-state index in [1.54, 1.807) is 12.1 Å². The molecule has 0 aromatic heterocycles. The summed E-state index contributed by atoms with van der Waals surface area (Å²) in [6.45, 7) is 9.56. The van der Waals surface area contributed by atoms with Crippen LogP contribution < -0.4 is 16.0 Å². The first-order valence-electron chi connectivity index (χ1n) is 12.0. The standard InChI is InChI=1S/C27H36N4O3/c1-18(2)24(30-25(32)22-11-7-19(3)8-12-22)26(33)31-15-5-6-21(17-31)16-28-27(34)29-23-13-9-20(4)10-14-23/h7-14,18,21,24H,5-6,15-17H2,1-4H3,(H,30,32)(H2,28,29,34)/t21-,24+/m0/s1. The van der Waals surface area contributed by atoms with Crippen molar-refractivity contribution in [1.82, 2.24) is 15.5 Å². The predicted molar refractivity (Wildman–Crippen MR) is 135 cm³/mol. The molecule has 182 valence electrons. The lowest BCUT2D eigenvalue weighted by Crippen LogP contribution is -2.54. The fourth-order valence-electron chi connectivity index (χ4n) is 4.12. The molecule has 2 aromatic rings. The molecule has 1 fully saturated rings. The number of piperidine rings is 1. The number of amides is 4. The van der Waals surface area contributed by atoms with Crippen LogP contribution in [0.3, 0.4) is 0 Å². The quantitative estimate of drug-likeness (QED) is 0.576. The third kappa shape index (κ3) is 7.07. The van der Waals surface area contributed by atoms with Crippen molar-refractivity contribution in [3.63, 3.8) is 0 Å². The van der Waals surface area contributed by atoms with Gasteiger partial charge in [-0.1, -0.05) is 49.2 Å². The zero-order valence-corrected chi connectivity index (χ0v) is 20.6. The zero-order valence-electron chi connectivity index (χ0n) is 20.6. The average molecular weight is 465 g/mol. The van der Waals surface area contributed by atoms with Gasteiger partial charge in [-0.25, -0.2) is 4.79 Å². The van der Waals surface area contributed by atoms with Gasteiger partial charge in [0.25, 0.3) is 5.91 Å². The molecule has 7 heteroatoms. The second-order valence-corrected chi connectivity index (χ2v) is 9.55. The Morgan fingerprint density at radius 2 is 1.59 bits per heavy atom. The van der Waals surface area contributed by atoms with Gasteiger partial charge in [0.1, 0.15) is 6.04 Å². The summed E-state index contributed by atoms with van der Waals surface area (Å²) in [6, 6.07) is 14.1. The molecule has 3 rings (SSSR count). The molecule has 0 aliphatic carbocycles. The zero-order chi connectivity index (χ0) is 24.7. The van der Waals surface area contributed by atoms with Gasteiger partial charge >= 0.3 is 6.03 Å². The topological polar surface area (TPSA) is 90.5 Å². The van der Waals surface area contributed by atoms with Crippen molar-refractivity contribution in [3.8, 4) is 0 Å². The van der Waals surface area contributed by atoms with Gasteiger partial charge < -0.3 is 20.9 Å². The Hall–Kier alpha value is -3.35. The number of carbonyl (C=O) groups excluding carboxylic acids is 3. The number of anilines is 1. The van der Waals surface area contributed by atoms with E-state index in [0.29, 0.717) is 25.2 Å². The lowest BCUT2D eigenvalue weighted by Gasteiger charge is -2.36. The van der Waals surface area contributed by atoms with E-state index >= 15 is 0 Å². The molecule has 4 amide bonds. The van der Waals surface area contributed by atoms with Crippen LogP contribution in [0.5, 0.6) is 0 Å². The summed E-state index contributed by atoms with van der Waals surface area (Å²) < 4.78 is 0. The maximum absolute atomic E-state index is 13.3. The highest BCUT2D eigenvalue weighted by Gasteiger charge is 2.32. The second kappa shape index (κ2) is 11.7. The van der Waals surface area contributed by atoms with Crippen molar-refractivity contribution in [2.45, 2.75) is 46.6 Å². The van der Waals surface area contributed by atoms with Crippen LogP contribution >= 0.6 is 0 Å². The van der Waals surface area contributed by atoms with Gasteiger partial charge in [-0.3, -0.25) is 9.59 Å². The summed E-state index contributed by atoms with van der Waals surface area (Å²) in [5.41, 5.74) is 3.50. The average Bonchev–Trinajstić information content (AvgIpc) is 2.82. The second-order valence-electron chi connectivity index (χ2n) is 9.55. The minimum Gasteiger partial charge on any atom is -0.341 e. The molecule has 0 radical (unpaired) electrons. The molecule has 2 atom stereocenters. The number of rotatable bonds is 7. The molecule has 0 unspecified atom stereocenters. The molecule has 0 spiro atoms. The number of hydrogen-bond donors (Lipinski definition) is 3. The molecule has 34 heavy (non-hydrogen) atoms. The van der Waals surface area contributed by atoms with Gasteiger partial charge in [0, 0.05) is 30.9 Å². The highest BCUT2D eigenvalue weighted by molar-refractivity contribution is 5.97. The normalized spacial score (nSPS) is 16.6. The van der Waals surface area contributed by atoms with E-state index in [0.717, 1.165) is 29.7 Å². The predicted octanol–water partition coefficient (Wildman–Crippen LogP) is 4.12. The van der Waals surface area contributed by atoms with E-state index in [2.05, 4.69) is 16.0 Å². The molecular weight excluding hydrogens is 428 g/mol. The van der Waals surface area contributed by atoms with Crippen LogP contribution in [0, 0.1) is 25.7 Å². The minimum atomic E-state index is -0.592. The molecule has 1 heterocycles. The summed E-state index contributed by atoms with van der Waals surface area (Å²) in [4.78, 5) is 40.2. The number of nitrogens with zero attached hydrogens (tertiary/aromatic N) is 1. The Labute approximate surface area is 202 Å². The van der Waals surface area contributed by atoms with Crippen molar-refractivity contribution >= 4 is 23.5 Å². The van der Waals surface area contributed by atoms with Crippen molar-refractivity contribution in [3.05, 3.63) is 65.2 Å². The van der Waals surface area contributed by atoms with E-state index in [1.165, 1.54) is 0 Å². The number of nitrogens with one attached hydrogen (secondary N) is 3. The van der Waals surface area contributed by atoms with Crippen LogP contribution in [0.2, 0.25) is 0 Å². The van der Waals surface area contributed by atoms with Crippen LogP contribution in [0.1, 0.15) is 48.2 Å². The van der Waals surface area contributed by atoms with E-state index in [9.17, 15) is 14.4 Å². The molecule has 2 aromatic carbocycles. The molecule has 0 bridgehead atoms. The summed E-state index contributed by atoms with van der Waals surface area (Å²) >= 11 is 0. The summed E-state index contributed by atoms with van der Waals surface area (Å²) in [5.74, 6) is -0.179. The lowest BCUT2D eigenvalue weighted by molar-refractivity contribution is -0.136. The van der Waals surface area contributed by atoms with Gasteiger partial charge in [0.15, 0.2) is 0 Å². The number of carbonyl (C=O) groups is 3. The molecule has 0 saturated carbocycles. The van der Waals surface area contributed by atoms with Crippen LogP contribution in [-0.2, 0) is 4.79 Å². The summed E-state index contributed by atoms with van der Waals surface area (Å²) in [5, 5.41) is 8.70. The van der Waals surface area contributed by atoms with Gasteiger partial charge in [0.2, 0.25) is 5.91 Å². The highest BCUT2D eigenvalue weighted by atomic mass is 16.2. The first kappa shape index (κ1) is 25.3. The first-order valence-corrected chi connectivity index (χ1v) is 12.0. The van der Waals surface area contributed by atoms with Crippen LogP contribution in [-0.4, -0.2) is 48.4 Å². The fraction of sp³-hybridized carbons (Fsp3) is 0.444. The van der Waals surface area contributed by atoms with Gasteiger partial charge in [0.05, 0.1) is 0 Å².